The van der Waals surface area contributed by atoms with E-state index in [4.69, 9.17) is 4.74 Å². The minimum absolute atomic E-state index is 0.306. The highest BCUT2D eigenvalue weighted by molar-refractivity contribution is 5.97. The molecule has 0 aliphatic carbocycles. The Labute approximate surface area is 168 Å². The minimum atomic E-state index is -0.657. The van der Waals surface area contributed by atoms with Crippen LogP contribution in [0.25, 0.3) is 10.8 Å². The lowest BCUT2D eigenvalue weighted by Gasteiger charge is -2.25. The fourth-order valence-corrected chi connectivity index (χ4v) is 3.05. The van der Waals surface area contributed by atoms with Crippen molar-refractivity contribution < 1.29 is 14.3 Å². The largest absolute Gasteiger partial charge is 0.458 e. The van der Waals surface area contributed by atoms with E-state index >= 15 is 0 Å². The van der Waals surface area contributed by atoms with Crippen molar-refractivity contribution in [1.82, 2.24) is 5.32 Å². The number of fused-ring (bicyclic) bond motifs is 1. The highest BCUT2D eigenvalue weighted by Crippen LogP contribution is 2.21. The first-order chi connectivity index (χ1) is 13.2. The standard InChI is InChI=1S/C24H31NO3/c1-6-7-15-21(23(27)28-24(3,4)5)25-22(26)17(2)16-19-13-10-12-18-11-8-9-14-20(18)19/h8-14,21H,2,6-7,15-16H2,1,3-5H3,(H,25,26)/t21-/m0/s1. The Morgan fingerprint density at radius 1 is 1.11 bits per heavy atom. The summed E-state index contributed by atoms with van der Waals surface area (Å²) in [5, 5.41) is 5.06. The van der Waals surface area contributed by atoms with Crippen LogP contribution in [0, 0.1) is 0 Å². The van der Waals surface area contributed by atoms with Crippen LogP contribution in [-0.2, 0) is 20.7 Å². The molecule has 28 heavy (non-hydrogen) atoms. The first kappa shape index (κ1) is 21.7. The topological polar surface area (TPSA) is 55.4 Å². The van der Waals surface area contributed by atoms with Crippen molar-refractivity contribution in [3.05, 3.63) is 60.2 Å². The summed E-state index contributed by atoms with van der Waals surface area (Å²) in [5.41, 5.74) is 0.883. The third kappa shape index (κ3) is 6.22. The smallest absolute Gasteiger partial charge is 0.329 e. The first-order valence-corrected chi connectivity index (χ1v) is 9.89. The van der Waals surface area contributed by atoms with E-state index in [0.717, 1.165) is 29.2 Å². The van der Waals surface area contributed by atoms with Gasteiger partial charge in [0.1, 0.15) is 11.6 Å². The van der Waals surface area contributed by atoms with E-state index in [9.17, 15) is 9.59 Å². The van der Waals surface area contributed by atoms with Crippen LogP contribution in [-0.4, -0.2) is 23.5 Å². The van der Waals surface area contributed by atoms with Crippen LogP contribution in [0.5, 0.6) is 0 Å². The van der Waals surface area contributed by atoms with Gasteiger partial charge < -0.3 is 10.1 Å². The lowest BCUT2D eigenvalue weighted by atomic mass is 9.98. The maximum atomic E-state index is 12.7. The maximum absolute atomic E-state index is 12.7. The van der Waals surface area contributed by atoms with Crippen molar-refractivity contribution in [3.63, 3.8) is 0 Å². The number of rotatable bonds is 8. The normalized spacial score (nSPS) is 12.4. The number of nitrogens with one attached hydrogen (secondary N) is 1. The number of ether oxygens (including phenoxy) is 1. The first-order valence-electron chi connectivity index (χ1n) is 9.89. The van der Waals surface area contributed by atoms with Crippen molar-refractivity contribution in [2.24, 2.45) is 0 Å². The van der Waals surface area contributed by atoms with Gasteiger partial charge >= 0.3 is 5.97 Å². The number of hydrogen-bond acceptors (Lipinski definition) is 3. The summed E-state index contributed by atoms with van der Waals surface area (Å²) in [6, 6.07) is 13.4. The van der Waals surface area contributed by atoms with Crippen LogP contribution in [0.1, 0.15) is 52.5 Å². The molecule has 2 aromatic carbocycles. The number of hydrogen-bond donors (Lipinski definition) is 1. The van der Waals surface area contributed by atoms with Crippen LogP contribution in [0.15, 0.2) is 54.6 Å². The third-order valence-electron chi connectivity index (χ3n) is 4.45. The minimum Gasteiger partial charge on any atom is -0.458 e. The molecule has 0 saturated heterocycles. The van der Waals surface area contributed by atoms with Crippen LogP contribution in [0.4, 0.5) is 0 Å². The van der Waals surface area contributed by atoms with Crippen LogP contribution in [0.2, 0.25) is 0 Å². The van der Waals surface area contributed by atoms with E-state index in [1.54, 1.807) is 0 Å². The van der Waals surface area contributed by atoms with E-state index in [2.05, 4.69) is 11.9 Å². The Kier molecular flexibility index (Phi) is 7.38. The summed E-state index contributed by atoms with van der Waals surface area (Å²) in [5.74, 6) is -0.702. The molecule has 0 unspecified atom stereocenters. The van der Waals surface area contributed by atoms with E-state index in [0.29, 0.717) is 18.4 Å². The predicted molar refractivity (Wildman–Crippen MR) is 114 cm³/mol. The Bertz CT molecular complexity index is 843. The molecular weight excluding hydrogens is 350 g/mol. The fourth-order valence-electron chi connectivity index (χ4n) is 3.05. The summed E-state index contributed by atoms with van der Waals surface area (Å²) in [6.45, 7) is 11.5. The molecule has 0 fully saturated rings. The molecule has 0 radical (unpaired) electrons. The zero-order valence-corrected chi connectivity index (χ0v) is 17.4. The predicted octanol–water partition coefficient (Wildman–Crippen LogP) is 4.96. The quantitative estimate of drug-likeness (QED) is 0.520. The number of carbonyl (C=O) groups excluding carboxylic acids is 2. The molecule has 2 aromatic rings. The van der Waals surface area contributed by atoms with E-state index in [1.807, 2.05) is 70.2 Å². The maximum Gasteiger partial charge on any atom is 0.329 e. The molecule has 2 rings (SSSR count). The second-order valence-electron chi connectivity index (χ2n) is 8.12. The van der Waals surface area contributed by atoms with Crippen molar-refractivity contribution in [3.8, 4) is 0 Å². The summed E-state index contributed by atoms with van der Waals surface area (Å²) in [6.07, 6.45) is 2.76. The summed E-state index contributed by atoms with van der Waals surface area (Å²) >= 11 is 0. The Balaban J connectivity index is 2.09. The van der Waals surface area contributed by atoms with Gasteiger partial charge in [0.25, 0.3) is 0 Å². The highest BCUT2D eigenvalue weighted by atomic mass is 16.6. The molecule has 0 aromatic heterocycles. The average Bonchev–Trinajstić information content (AvgIpc) is 2.63. The van der Waals surface area contributed by atoms with E-state index < -0.39 is 17.6 Å². The van der Waals surface area contributed by atoms with Crippen LogP contribution in [0.3, 0.4) is 0 Å². The summed E-state index contributed by atoms with van der Waals surface area (Å²) < 4.78 is 5.47. The van der Waals surface area contributed by atoms with Crippen LogP contribution >= 0.6 is 0 Å². The molecule has 0 aliphatic rings. The number of benzene rings is 2. The Morgan fingerprint density at radius 2 is 1.79 bits per heavy atom. The molecule has 4 heteroatoms. The van der Waals surface area contributed by atoms with E-state index in [1.165, 1.54) is 0 Å². The third-order valence-corrected chi connectivity index (χ3v) is 4.45. The summed E-state index contributed by atoms with van der Waals surface area (Å²) in [4.78, 5) is 25.2. The molecular formula is C24H31NO3. The number of carbonyl (C=O) groups is 2. The van der Waals surface area contributed by atoms with Crippen molar-refractivity contribution in [2.75, 3.05) is 0 Å². The molecule has 0 saturated carbocycles. The van der Waals surface area contributed by atoms with Gasteiger partial charge in [-0.25, -0.2) is 4.79 Å². The Hall–Kier alpha value is -2.62. The molecule has 1 amide bonds. The average molecular weight is 382 g/mol. The van der Waals surface area contributed by atoms with Gasteiger partial charge in [0.2, 0.25) is 5.91 Å². The van der Waals surface area contributed by atoms with E-state index in [-0.39, 0.29) is 5.91 Å². The molecule has 150 valence electrons. The number of unbranched alkanes of at least 4 members (excludes halogenated alkanes) is 1. The summed E-state index contributed by atoms with van der Waals surface area (Å²) in [7, 11) is 0. The van der Waals surface area contributed by atoms with Gasteiger partial charge in [-0.1, -0.05) is 68.8 Å². The van der Waals surface area contributed by atoms with Crippen molar-refractivity contribution >= 4 is 22.6 Å². The number of amides is 1. The molecule has 0 bridgehead atoms. The van der Waals surface area contributed by atoms with Crippen molar-refractivity contribution in [2.45, 2.75) is 65.0 Å². The zero-order chi connectivity index (χ0) is 20.7. The zero-order valence-electron chi connectivity index (χ0n) is 17.4. The van der Waals surface area contributed by atoms with Gasteiger partial charge in [0.15, 0.2) is 0 Å². The van der Waals surface area contributed by atoms with Gasteiger partial charge in [-0.15, -0.1) is 0 Å². The molecule has 0 aliphatic heterocycles. The Morgan fingerprint density at radius 3 is 2.46 bits per heavy atom. The number of esters is 1. The molecule has 4 nitrogen and oxygen atoms in total. The van der Waals surface area contributed by atoms with Crippen molar-refractivity contribution in [1.29, 1.82) is 0 Å². The van der Waals surface area contributed by atoms with Gasteiger partial charge in [-0.05, 0) is 43.5 Å². The fraction of sp³-hybridized carbons (Fsp3) is 0.417. The molecule has 1 atom stereocenters. The lowest BCUT2D eigenvalue weighted by molar-refractivity contribution is -0.158. The lowest BCUT2D eigenvalue weighted by Crippen LogP contribution is -2.44. The van der Waals surface area contributed by atoms with Gasteiger partial charge in [0, 0.05) is 12.0 Å². The second-order valence-corrected chi connectivity index (χ2v) is 8.12. The molecule has 0 spiro atoms. The molecule has 1 N–H and O–H groups in total. The van der Waals surface area contributed by atoms with Gasteiger partial charge in [0.05, 0.1) is 0 Å². The highest BCUT2D eigenvalue weighted by Gasteiger charge is 2.26. The molecule has 0 heterocycles. The van der Waals surface area contributed by atoms with Gasteiger partial charge in [-0.3, -0.25) is 4.79 Å². The SMILES string of the molecule is C=C(Cc1cccc2ccccc12)C(=O)N[C@@H](CCCC)C(=O)OC(C)(C)C. The monoisotopic (exact) mass is 381 g/mol. The second kappa shape index (κ2) is 9.54. The van der Waals surface area contributed by atoms with Crippen LogP contribution < -0.4 is 5.32 Å². The van der Waals surface area contributed by atoms with Gasteiger partial charge in [-0.2, -0.15) is 0 Å².